The van der Waals surface area contributed by atoms with Gasteiger partial charge in [0.05, 0.1) is 5.51 Å². The average Bonchev–Trinajstić information content (AvgIpc) is 2.37. The summed E-state index contributed by atoms with van der Waals surface area (Å²) in [6.07, 6.45) is 1.90. The molecule has 0 aliphatic heterocycles. The minimum absolute atomic E-state index is 0.211. The molecule has 0 aliphatic rings. The van der Waals surface area contributed by atoms with Crippen LogP contribution in [0, 0.1) is 0 Å². The second kappa shape index (κ2) is 4.80. The van der Waals surface area contributed by atoms with Crippen LogP contribution in [-0.2, 0) is 6.54 Å². The summed E-state index contributed by atoms with van der Waals surface area (Å²) < 4.78 is 0. The van der Waals surface area contributed by atoms with Crippen molar-refractivity contribution in [2.45, 2.75) is 18.8 Å². The Morgan fingerprint density at radius 1 is 1.75 bits per heavy atom. The van der Waals surface area contributed by atoms with E-state index in [9.17, 15) is 0 Å². The van der Waals surface area contributed by atoms with Crippen molar-refractivity contribution >= 4 is 22.9 Å². The number of aromatic nitrogens is 1. The van der Waals surface area contributed by atoms with Crippen molar-refractivity contribution in [1.29, 1.82) is 0 Å². The van der Waals surface area contributed by atoms with Gasteiger partial charge in [-0.05, 0) is 14.0 Å². The molecule has 0 saturated heterocycles. The monoisotopic (exact) mass is 204 g/mol. The fourth-order valence-electron chi connectivity index (χ4n) is 1.08. The zero-order valence-corrected chi connectivity index (χ0v) is 8.90. The van der Waals surface area contributed by atoms with Gasteiger partial charge in [0.1, 0.15) is 0 Å². The van der Waals surface area contributed by atoms with E-state index >= 15 is 0 Å². The largest absolute Gasteiger partial charge is 0.300 e. The predicted octanol–water partition coefficient (Wildman–Crippen LogP) is 2.20. The Labute approximate surface area is 82.2 Å². The first-order valence-electron chi connectivity index (χ1n) is 3.88. The molecule has 0 aliphatic carbocycles. The predicted molar refractivity (Wildman–Crippen MR) is 53.8 cm³/mol. The molecule has 0 N–H and O–H groups in total. The summed E-state index contributed by atoms with van der Waals surface area (Å²) in [5.41, 5.74) is 1.85. The first kappa shape index (κ1) is 9.96. The molecule has 1 aromatic rings. The van der Waals surface area contributed by atoms with Crippen LogP contribution in [0.25, 0.3) is 0 Å². The summed E-state index contributed by atoms with van der Waals surface area (Å²) in [7, 11) is 2.07. The number of rotatable bonds is 4. The van der Waals surface area contributed by atoms with E-state index in [1.54, 1.807) is 11.3 Å². The third kappa shape index (κ3) is 3.52. The third-order valence-electron chi connectivity index (χ3n) is 1.47. The molecule has 1 unspecified atom stereocenters. The van der Waals surface area contributed by atoms with Crippen molar-refractivity contribution in [2.75, 3.05) is 13.6 Å². The zero-order chi connectivity index (χ0) is 8.97. The van der Waals surface area contributed by atoms with E-state index in [1.165, 1.54) is 4.88 Å². The Bertz CT molecular complexity index is 211. The fraction of sp³-hybridized carbons (Fsp3) is 0.625. The van der Waals surface area contributed by atoms with Crippen LogP contribution in [0.5, 0.6) is 0 Å². The molecule has 1 heterocycles. The van der Waals surface area contributed by atoms with Gasteiger partial charge in [0.2, 0.25) is 0 Å². The van der Waals surface area contributed by atoms with Crippen LogP contribution >= 0.6 is 22.9 Å². The molecule has 0 saturated carbocycles. The van der Waals surface area contributed by atoms with Gasteiger partial charge in [0.15, 0.2) is 0 Å². The molecule has 0 amide bonds. The molecule has 4 heteroatoms. The van der Waals surface area contributed by atoms with Gasteiger partial charge in [-0.25, -0.2) is 0 Å². The molecular weight excluding hydrogens is 192 g/mol. The molecule has 2 nitrogen and oxygen atoms in total. The Morgan fingerprint density at radius 2 is 2.50 bits per heavy atom. The number of hydrogen-bond donors (Lipinski definition) is 0. The summed E-state index contributed by atoms with van der Waals surface area (Å²) in [6.45, 7) is 3.87. The molecule has 0 radical (unpaired) electrons. The molecule has 12 heavy (non-hydrogen) atoms. The minimum Gasteiger partial charge on any atom is -0.300 e. The summed E-state index contributed by atoms with van der Waals surface area (Å²) in [6, 6.07) is 0. The maximum Gasteiger partial charge on any atom is 0.0794 e. The lowest BCUT2D eigenvalue weighted by molar-refractivity contribution is 0.332. The Morgan fingerprint density at radius 3 is 3.00 bits per heavy atom. The van der Waals surface area contributed by atoms with Crippen LogP contribution in [-0.4, -0.2) is 28.9 Å². The van der Waals surface area contributed by atoms with Crippen LogP contribution < -0.4 is 0 Å². The maximum absolute atomic E-state index is 5.86. The van der Waals surface area contributed by atoms with Crippen molar-refractivity contribution in [2.24, 2.45) is 0 Å². The van der Waals surface area contributed by atoms with Crippen LogP contribution in [0.4, 0.5) is 0 Å². The number of halogens is 1. The van der Waals surface area contributed by atoms with E-state index in [2.05, 4.69) is 16.9 Å². The standard InChI is InChI=1S/C8H13ClN2S/c1-7(9)4-11(2)5-8-3-10-6-12-8/h3,6-7H,4-5H2,1-2H3. The van der Waals surface area contributed by atoms with Crippen molar-refractivity contribution in [3.63, 3.8) is 0 Å². The molecule has 1 atom stereocenters. The molecule has 0 aromatic carbocycles. The average molecular weight is 205 g/mol. The van der Waals surface area contributed by atoms with Crippen LogP contribution in [0.15, 0.2) is 11.7 Å². The molecule has 0 fully saturated rings. The lowest BCUT2D eigenvalue weighted by Crippen LogP contribution is -2.23. The number of hydrogen-bond acceptors (Lipinski definition) is 3. The first-order valence-corrected chi connectivity index (χ1v) is 5.20. The van der Waals surface area contributed by atoms with Gasteiger partial charge in [-0.15, -0.1) is 22.9 Å². The number of thiazole rings is 1. The minimum atomic E-state index is 0.211. The highest BCUT2D eigenvalue weighted by molar-refractivity contribution is 7.09. The van der Waals surface area contributed by atoms with Gasteiger partial charge in [0, 0.05) is 29.5 Å². The van der Waals surface area contributed by atoms with Gasteiger partial charge < -0.3 is 0 Å². The fourth-order valence-corrected chi connectivity index (χ4v) is 1.99. The molecular formula is C8H13ClN2S. The SMILES string of the molecule is CC(Cl)CN(C)Cc1cncs1. The Hall–Kier alpha value is -0.120. The van der Waals surface area contributed by atoms with E-state index in [4.69, 9.17) is 11.6 Å². The van der Waals surface area contributed by atoms with Gasteiger partial charge in [-0.1, -0.05) is 0 Å². The third-order valence-corrected chi connectivity index (χ3v) is 2.37. The van der Waals surface area contributed by atoms with Crippen molar-refractivity contribution in [3.8, 4) is 0 Å². The lowest BCUT2D eigenvalue weighted by Gasteiger charge is -2.16. The highest BCUT2D eigenvalue weighted by Gasteiger charge is 2.04. The van der Waals surface area contributed by atoms with Crippen LogP contribution in [0.3, 0.4) is 0 Å². The Balaban J connectivity index is 2.32. The first-order chi connectivity index (χ1) is 5.68. The molecule has 1 aromatic heterocycles. The summed E-state index contributed by atoms with van der Waals surface area (Å²) in [5, 5.41) is 0.211. The van der Waals surface area contributed by atoms with Gasteiger partial charge in [-0.2, -0.15) is 0 Å². The lowest BCUT2D eigenvalue weighted by atomic mass is 10.4. The smallest absolute Gasteiger partial charge is 0.0794 e. The van der Waals surface area contributed by atoms with E-state index in [1.807, 2.05) is 18.6 Å². The van der Waals surface area contributed by atoms with Gasteiger partial charge >= 0.3 is 0 Å². The van der Waals surface area contributed by atoms with Crippen LogP contribution in [0.1, 0.15) is 11.8 Å². The summed E-state index contributed by atoms with van der Waals surface area (Å²) in [4.78, 5) is 7.50. The highest BCUT2D eigenvalue weighted by atomic mass is 35.5. The van der Waals surface area contributed by atoms with Gasteiger partial charge in [0.25, 0.3) is 0 Å². The van der Waals surface area contributed by atoms with E-state index in [-0.39, 0.29) is 5.38 Å². The molecule has 0 bridgehead atoms. The van der Waals surface area contributed by atoms with E-state index in [0.717, 1.165) is 13.1 Å². The maximum atomic E-state index is 5.86. The van der Waals surface area contributed by atoms with Crippen molar-refractivity contribution in [1.82, 2.24) is 9.88 Å². The number of alkyl halides is 1. The molecule has 1 rings (SSSR count). The van der Waals surface area contributed by atoms with E-state index < -0.39 is 0 Å². The quantitative estimate of drug-likeness (QED) is 0.700. The van der Waals surface area contributed by atoms with Gasteiger partial charge in [-0.3, -0.25) is 9.88 Å². The highest BCUT2D eigenvalue weighted by Crippen LogP contribution is 2.09. The number of nitrogens with zero attached hydrogens (tertiary/aromatic N) is 2. The van der Waals surface area contributed by atoms with Crippen LogP contribution in [0.2, 0.25) is 0 Å². The zero-order valence-electron chi connectivity index (χ0n) is 7.33. The summed E-state index contributed by atoms with van der Waals surface area (Å²) in [5.74, 6) is 0. The topological polar surface area (TPSA) is 16.1 Å². The Kier molecular flexibility index (Phi) is 3.98. The van der Waals surface area contributed by atoms with Crippen molar-refractivity contribution < 1.29 is 0 Å². The summed E-state index contributed by atoms with van der Waals surface area (Å²) >= 11 is 7.54. The van der Waals surface area contributed by atoms with E-state index in [0.29, 0.717) is 0 Å². The second-order valence-corrected chi connectivity index (χ2v) is 4.66. The van der Waals surface area contributed by atoms with Crippen molar-refractivity contribution in [3.05, 3.63) is 16.6 Å². The molecule has 0 spiro atoms. The normalized spacial score (nSPS) is 13.7. The second-order valence-electron chi connectivity index (χ2n) is 2.95. The molecule has 68 valence electrons.